The van der Waals surface area contributed by atoms with Crippen molar-refractivity contribution in [1.29, 1.82) is 0 Å². The van der Waals surface area contributed by atoms with Gasteiger partial charge in [-0.05, 0) is 53.4 Å². The molecule has 1 amide bonds. The second-order valence-corrected chi connectivity index (χ2v) is 7.05. The van der Waals surface area contributed by atoms with Gasteiger partial charge >= 0.3 is 0 Å². The topological polar surface area (TPSA) is 82.5 Å². The Hall–Kier alpha value is -2.39. The van der Waals surface area contributed by atoms with Crippen molar-refractivity contribution in [3.8, 4) is 11.5 Å². The van der Waals surface area contributed by atoms with Crippen molar-refractivity contribution in [3.63, 3.8) is 0 Å². The van der Waals surface area contributed by atoms with E-state index in [1.54, 1.807) is 30.5 Å². The van der Waals surface area contributed by atoms with E-state index in [-0.39, 0.29) is 5.56 Å². The molecule has 1 aromatic carbocycles. The Morgan fingerprint density at radius 1 is 1.42 bits per heavy atom. The van der Waals surface area contributed by atoms with Crippen molar-refractivity contribution in [2.45, 2.75) is 13.8 Å². The molecule has 7 nitrogen and oxygen atoms in total. The number of aromatic nitrogens is 2. The zero-order valence-electron chi connectivity index (χ0n) is 14.3. The molecule has 9 heteroatoms. The molecule has 0 fully saturated rings. The molecule has 136 valence electrons. The van der Waals surface area contributed by atoms with Gasteiger partial charge in [-0.15, -0.1) is 11.3 Å². The second kappa shape index (κ2) is 7.46. The number of rotatable bonds is 5. The highest BCUT2D eigenvalue weighted by Gasteiger charge is 2.17. The number of nitrogens with one attached hydrogen (secondary N) is 1. The number of hydrogen-bond acceptors (Lipinski definition) is 6. The molecular formula is C17H16BrN3O4S. The third-order valence-electron chi connectivity index (χ3n) is 3.66. The fourth-order valence-corrected chi connectivity index (χ4v) is 3.80. The van der Waals surface area contributed by atoms with Gasteiger partial charge < -0.3 is 9.47 Å². The molecule has 0 aliphatic heterocycles. The smallest absolute Gasteiger partial charge is 0.281 e. The molecule has 0 unspecified atom stereocenters. The van der Waals surface area contributed by atoms with Gasteiger partial charge in [0.1, 0.15) is 10.7 Å². The van der Waals surface area contributed by atoms with Crippen molar-refractivity contribution in [2.24, 2.45) is 0 Å². The zero-order valence-corrected chi connectivity index (χ0v) is 16.7. The van der Waals surface area contributed by atoms with Crippen LogP contribution < -0.4 is 20.5 Å². The third-order valence-corrected chi connectivity index (χ3v) is 5.05. The molecule has 0 spiro atoms. The maximum atomic E-state index is 12.7. The van der Waals surface area contributed by atoms with Crippen LogP contribution in [0, 0.1) is 6.92 Å². The van der Waals surface area contributed by atoms with Gasteiger partial charge in [0.05, 0.1) is 23.6 Å². The van der Waals surface area contributed by atoms with Gasteiger partial charge in [-0.3, -0.25) is 15.0 Å². The fraction of sp³-hybridized carbons (Fsp3) is 0.235. The third kappa shape index (κ3) is 3.32. The van der Waals surface area contributed by atoms with Crippen molar-refractivity contribution >= 4 is 43.4 Å². The molecule has 0 bridgehead atoms. The molecule has 1 N–H and O–H groups in total. The van der Waals surface area contributed by atoms with Crippen LogP contribution in [0.25, 0.3) is 10.2 Å². The SMILES string of the molecule is CCOc1c(Br)cc(C(=O)Nn2c(C)nc3sccc3c2=O)cc1OC. The molecule has 26 heavy (non-hydrogen) atoms. The molecule has 0 saturated heterocycles. The standard InChI is InChI=1S/C17H16BrN3O4S/c1-4-25-14-12(18)7-10(8-13(14)24-3)15(22)20-21-9(2)19-16-11(17(21)23)5-6-26-16/h5-8H,4H2,1-3H3,(H,20,22). The molecule has 3 aromatic rings. The predicted molar refractivity (Wildman–Crippen MR) is 104 cm³/mol. The van der Waals surface area contributed by atoms with Crippen molar-refractivity contribution in [3.05, 3.63) is 49.8 Å². The molecule has 2 aromatic heterocycles. The molecular weight excluding hydrogens is 422 g/mol. The highest BCUT2D eigenvalue weighted by atomic mass is 79.9. The molecule has 0 aliphatic carbocycles. The van der Waals surface area contributed by atoms with Crippen LogP contribution in [0.15, 0.2) is 32.8 Å². The van der Waals surface area contributed by atoms with E-state index in [2.05, 4.69) is 26.3 Å². The van der Waals surface area contributed by atoms with Crippen LogP contribution in [0.5, 0.6) is 11.5 Å². The molecule has 2 heterocycles. The first-order valence-electron chi connectivity index (χ1n) is 7.74. The van der Waals surface area contributed by atoms with Crippen LogP contribution in [0.3, 0.4) is 0 Å². The van der Waals surface area contributed by atoms with E-state index in [1.165, 1.54) is 18.4 Å². The summed E-state index contributed by atoms with van der Waals surface area (Å²) in [6.07, 6.45) is 0. The summed E-state index contributed by atoms with van der Waals surface area (Å²) in [5.41, 5.74) is 2.59. The summed E-state index contributed by atoms with van der Waals surface area (Å²) in [5, 5.41) is 2.25. The number of benzene rings is 1. The van der Waals surface area contributed by atoms with Gasteiger partial charge in [-0.2, -0.15) is 0 Å². The van der Waals surface area contributed by atoms with Gasteiger partial charge in [0.2, 0.25) is 0 Å². The number of halogens is 1. The van der Waals surface area contributed by atoms with Gasteiger partial charge in [0.15, 0.2) is 11.5 Å². The maximum Gasteiger partial charge on any atom is 0.281 e. The van der Waals surface area contributed by atoms with Gasteiger partial charge in [-0.25, -0.2) is 9.66 Å². The van der Waals surface area contributed by atoms with Gasteiger partial charge in [-0.1, -0.05) is 0 Å². The van der Waals surface area contributed by atoms with Gasteiger partial charge in [0, 0.05) is 5.56 Å². The average Bonchev–Trinajstić information content (AvgIpc) is 3.08. The number of carbonyl (C=O) groups excluding carboxylic acids is 1. The number of carbonyl (C=O) groups is 1. The lowest BCUT2D eigenvalue weighted by atomic mass is 10.2. The van der Waals surface area contributed by atoms with E-state index in [0.717, 1.165) is 4.68 Å². The van der Waals surface area contributed by atoms with Crippen LogP contribution in [0.4, 0.5) is 0 Å². The second-order valence-electron chi connectivity index (χ2n) is 5.30. The Labute approximate surface area is 161 Å². The van der Waals surface area contributed by atoms with E-state index in [4.69, 9.17) is 9.47 Å². The minimum absolute atomic E-state index is 0.314. The fourth-order valence-electron chi connectivity index (χ4n) is 2.45. The minimum atomic E-state index is -0.464. The van der Waals surface area contributed by atoms with Crippen LogP contribution in [0.2, 0.25) is 0 Å². The summed E-state index contributed by atoms with van der Waals surface area (Å²) >= 11 is 4.76. The lowest BCUT2D eigenvalue weighted by molar-refractivity contribution is 0.101. The highest BCUT2D eigenvalue weighted by molar-refractivity contribution is 9.10. The number of thiophene rings is 1. The Morgan fingerprint density at radius 3 is 2.88 bits per heavy atom. The van der Waals surface area contributed by atoms with Crippen molar-refractivity contribution in [2.75, 3.05) is 19.1 Å². The first-order valence-corrected chi connectivity index (χ1v) is 9.42. The molecule has 3 rings (SSSR count). The van der Waals surface area contributed by atoms with E-state index in [9.17, 15) is 9.59 Å². The summed E-state index contributed by atoms with van der Waals surface area (Å²) in [5.74, 6) is 0.868. The summed E-state index contributed by atoms with van der Waals surface area (Å²) < 4.78 is 12.6. The molecule has 0 saturated carbocycles. The molecule has 0 radical (unpaired) electrons. The number of fused-ring (bicyclic) bond motifs is 1. The van der Waals surface area contributed by atoms with E-state index >= 15 is 0 Å². The zero-order chi connectivity index (χ0) is 18.8. The quantitative estimate of drug-likeness (QED) is 0.661. The number of nitrogens with zero attached hydrogens (tertiary/aromatic N) is 2. The van der Waals surface area contributed by atoms with Gasteiger partial charge in [0.25, 0.3) is 11.5 Å². The maximum absolute atomic E-state index is 12.7. The van der Waals surface area contributed by atoms with E-state index < -0.39 is 5.91 Å². The molecule has 0 atom stereocenters. The summed E-state index contributed by atoms with van der Waals surface area (Å²) in [7, 11) is 1.50. The first kappa shape index (κ1) is 18.4. The summed E-state index contributed by atoms with van der Waals surface area (Å²) in [4.78, 5) is 30.2. The Morgan fingerprint density at radius 2 is 2.19 bits per heavy atom. The summed E-state index contributed by atoms with van der Waals surface area (Å²) in [6, 6.07) is 4.86. The Kier molecular flexibility index (Phi) is 5.28. The van der Waals surface area contributed by atoms with Crippen molar-refractivity contribution < 1.29 is 14.3 Å². The Balaban J connectivity index is 1.98. The van der Waals surface area contributed by atoms with Crippen LogP contribution in [-0.4, -0.2) is 29.3 Å². The average molecular weight is 438 g/mol. The number of methoxy groups -OCH3 is 1. The first-order chi connectivity index (χ1) is 12.5. The lowest BCUT2D eigenvalue weighted by Crippen LogP contribution is -2.35. The van der Waals surface area contributed by atoms with Crippen LogP contribution in [-0.2, 0) is 0 Å². The predicted octanol–water partition coefficient (Wildman–Crippen LogP) is 3.32. The normalized spacial score (nSPS) is 10.8. The monoisotopic (exact) mass is 437 g/mol. The van der Waals surface area contributed by atoms with Crippen LogP contribution >= 0.6 is 27.3 Å². The lowest BCUT2D eigenvalue weighted by Gasteiger charge is -2.14. The number of amides is 1. The minimum Gasteiger partial charge on any atom is -0.493 e. The number of ether oxygens (including phenoxy) is 2. The number of hydrogen-bond donors (Lipinski definition) is 1. The summed E-state index contributed by atoms with van der Waals surface area (Å²) in [6.45, 7) is 3.98. The Bertz CT molecular complexity index is 1040. The largest absolute Gasteiger partial charge is 0.493 e. The highest BCUT2D eigenvalue weighted by Crippen LogP contribution is 2.36. The number of aryl methyl sites for hydroxylation is 1. The van der Waals surface area contributed by atoms with E-state index in [0.29, 0.717) is 44.2 Å². The van der Waals surface area contributed by atoms with Crippen molar-refractivity contribution in [1.82, 2.24) is 9.66 Å². The van der Waals surface area contributed by atoms with Crippen LogP contribution in [0.1, 0.15) is 23.1 Å². The van der Waals surface area contributed by atoms with E-state index in [1.807, 2.05) is 6.92 Å². The molecule has 0 aliphatic rings.